The molecule has 0 spiro atoms. The van der Waals surface area contributed by atoms with Crippen LogP contribution in [0.25, 0.3) is 11.3 Å². The molecule has 0 saturated carbocycles. The van der Waals surface area contributed by atoms with Crippen molar-refractivity contribution in [3.63, 3.8) is 0 Å². The third-order valence-corrected chi connectivity index (χ3v) is 3.74. The van der Waals surface area contributed by atoms with E-state index in [1.807, 2.05) is 0 Å². The number of nitrogens with zero attached hydrogens (tertiary/aromatic N) is 2. The maximum atomic E-state index is 12.1. The highest BCUT2D eigenvalue weighted by Crippen LogP contribution is 2.24. The molecule has 0 aliphatic rings. The number of amides is 1. The summed E-state index contributed by atoms with van der Waals surface area (Å²) in [6, 6.07) is 14.8. The maximum Gasteiger partial charge on any atom is 0.270 e. The van der Waals surface area contributed by atoms with Crippen LogP contribution >= 0.6 is 11.6 Å². The summed E-state index contributed by atoms with van der Waals surface area (Å²) in [5, 5.41) is 20.9. The Labute approximate surface area is 147 Å². The molecule has 0 unspecified atom stereocenters. The predicted molar refractivity (Wildman–Crippen MR) is 94.5 cm³/mol. The monoisotopic (exact) mass is 356 g/mol. The first-order valence-electron chi connectivity index (χ1n) is 7.36. The van der Waals surface area contributed by atoms with Gasteiger partial charge in [-0.05, 0) is 17.7 Å². The number of anilines is 1. The summed E-state index contributed by atoms with van der Waals surface area (Å²) in [7, 11) is 0. The molecule has 3 rings (SSSR count). The molecule has 0 aliphatic heterocycles. The van der Waals surface area contributed by atoms with Crippen LogP contribution in [0.4, 0.5) is 11.5 Å². The Kier molecular flexibility index (Phi) is 4.76. The van der Waals surface area contributed by atoms with Gasteiger partial charge in [0.25, 0.3) is 5.69 Å². The summed E-state index contributed by atoms with van der Waals surface area (Å²) in [5.74, 6) is 0.125. The van der Waals surface area contributed by atoms with Gasteiger partial charge in [-0.1, -0.05) is 35.9 Å². The Morgan fingerprint density at radius 1 is 1.20 bits per heavy atom. The van der Waals surface area contributed by atoms with Crippen molar-refractivity contribution < 1.29 is 9.72 Å². The van der Waals surface area contributed by atoms with Gasteiger partial charge in [0.1, 0.15) is 0 Å². The molecule has 8 heteroatoms. The second-order valence-corrected chi connectivity index (χ2v) is 5.76. The van der Waals surface area contributed by atoms with E-state index in [9.17, 15) is 14.9 Å². The number of aromatic amines is 1. The summed E-state index contributed by atoms with van der Waals surface area (Å²) in [6.07, 6.45) is 0.191. The fourth-order valence-electron chi connectivity index (χ4n) is 2.30. The van der Waals surface area contributed by atoms with E-state index in [0.29, 0.717) is 22.1 Å². The van der Waals surface area contributed by atoms with Crippen LogP contribution in [-0.2, 0) is 11.2 Å². The number of rotatable bonds is 5. The highest BCUT2D eigenvalue weighted by Gasteiger charge is 2.11. The van der Waals surface area contributed by atoms with Gasteiger partial charge in [-0.15, -0.1) is 0 Å². The number of hydrogen-bond acceptors (Lipinski definition) is 4. The van der Waals surface area contributed by atoms with Crippen molar-refractivity contribution in [2.24, 2.45) is 0 Å². The van der Waals surface area contributed by atoms with Gasteiger partial charge in [-0.2, -0.15) is 5.10 Å². The summed E-state index contributed by atoms with van der Waals surface area (Å²) in [5.41, 5.74) is 2.00. The highest BCUT2D eigenvalue weighted by atomic mass is 35.5. The van der Waals surface area contributed by atoms with Crippen LogP contribution < -0.4 is 5.32 Å². The fraction of sp³-hybridized carbons (Fsp3) is 0.0588. The molecule has 1 amide bonds. The lowest BCUT2D eigenvalue weighted by atomic mass is 10.1. The molecule has 1 heterocycles. The minimum Gasteiger partial charge on any atom is -0.309 e. The molecule has 126 valence electrons. The van der Waals surface area contributed by atoms with E-state index in [1.165, 1.54) is 12.1 Å². The molecule has 2 N–H and O–H groups in total. The molecule has 0 atom stereocenters. The Hall–Kier alpha value is -3.19. The van der Waals surface area contributed by atoms with Crippen molar-refractivity contribution in [3.8, 4) is 11.3 Å². The lowest BCUT2D eigenvalue weighted by Gasteiger charge is -2.02. The van der Waals surface area contributed by atoms with Crippen LogP contribution in [-0.4, -0.2) is 21.0 Å². The van der Waals surface area contributed by atoms with E-state index < -0.39 is 4.92 Å². The van der Waals surface area contributed by atoms with Crippen molar-refractivity contribution in [2.45, 2.75) is 6.42 Å². The number of non-ortho nitro benzene ring substituents is 1. The molecule has 0 saturated heterocycles. The second-order valence-electron chi connectivity index (χ2n) is 5.33. The number of carbonyl (C=O) groups excluding carboxylic acids is 1. The minimum absolute atomic E-state index is 0.0135. The van der Waals surface area contributed by atoms with Gasteiger partial charge < -0.3 is 5.32 Å². The zero-order valence-electron chi connectivity index (χ0n) is 12.9. The average Bonchev–Trinajstić information content (AvgIpc) is 3.05. The van der Waals surface area contributed by atoms with Crippen molar-refractivity contribution in [1.29, 1.82) is 0 Å². The molecular formula is C17H13ClN4O3. The molecule has 3 aromatic rings. The zero-order chi connectivity index (χ0) is 17.8. The first-order chi connectivity index (χ1) is 12.0. The minimum atomic E-state index is -0.464. The van der Waals surface area contributed by atoms with E-state index in [1.54, 1.807) is 42.5 Å². The van der Waals surface area contributed by atoms with E-state index in [-0.39, 0.29) is 18.0 Å². The molecule has 7 nitrogen and oxygen atoms in total. The van der Waals surface area contributed by atoms with E-state index in [4.69, 9.17) is 11.6 Å². The number of halogens is 1. The van der Waals surface area contributed by atoms with E-state index >= 15 is 0 Å². The topological polar surface area (TPSA) is 101 Å². The zero-order valence-corrected chi connectivity index (χ0v) is 13.7. The van der Waals surface area contributed by atoms with Crippen LogP contribution in [0.5, 0.6) is 0 Å². The molecule has 2 aromatic carbocycles. The number of aromatic nitrogens is 2. The van der Waals surface area contributed by atoms with Crippen molar-refractivity contribution in [2.75, 3.05) is 5.32 Å². The third kappa shape index (κ3) is 4.21. The third-order valence-electron chi connectivity index (χ3n) is 3.49. The molecule has 0 aliphatic carbocycles. The molecule has 0 bridgehead atoms. The molecule has 25 heavy (non-hydrogen) atoms. The largest absolute Gasteiger partial charge is 0.309 e. The first-order valence-corrected chi connectivity index (χ1v) is 7.73. The van der Waals surface area contributed by atoms with Gasteiger partial charge in [0.05, 0.1) is 17.0 Å². The Morgan fingerprint density at radius 2 is 1.96 bits per heavy atom. The smallest absolute Gasteiger partial charge is 0.270 e. The number of nitrogens with one attached hydrogen (secondary N) is 2. The standard InChI is InChI=1S/C17H13ClN4O3/c18-13-6-4-11(5-7-13)8-17(23)19-16-10-15(20-21-16)12-2-1-3-14(9-12)22(24)25/h1-7,9-10H,8H2,(H2,19,20,21,23). The Bertz CT molecular complexity index is 922. The summed E-state index contributed by atoms with van der Waals surface area (Å²) >= 11 is 5.81. The summed E-state index contributed by atoms with van der Waals surface area (Å²) < 4.78 is 0. The SMILES string of the molecule is O=C(Cc1ccc(Cl)cc1)Nc1cc(-c2cccc([N+](=O)[O-])c2)[nH]n1. The summed E-state index contributed by atoms with van der Waals surface area (Å²) in [4.78, 5) is 22.4. The van der Waals surface area contributed by atoms with Gasteiger partial charge in [-0.25, -0.2) is 0 Å². The van der Waals surface area contributed by atoms with Crippen LogP contribution in [0, 0.1) is 10.1 Å². The molecular weight excluding hydrogens is 344 g/mol. The molecule has 1 aromatic heterocycles. The number of carbonyl (C=O) groups is 1. The quantitative estimate of drug-likeness (QED) is 0.536. The average molecular weight is 357 g/mol. The highest BCUT2D eigenvalue weighted by molar-refractivity contribution is 6.30. The number of nitro groups is 1. The fourth-order valence-corrected chi connectivity index (χ4v) is 2.42. The van der Waals surface area contributed by atoms with E-state index in [2.05, 4.69) is 15.5 Å². The summed E-state index contributed by atoms with van der Waals surface area (Å²) in [6.45, 7) is 0. The van der Waals surface area contributed by atoms with Gasteiger partial charge >= 0.3 is 0 Å². The Morgan fingerprint density at radius 3 is 2.68 bits per heavy atom. The van der Waals surface area contributed by atoms with Crippen LogP contribution in [0.15, 0.2) is 54.6 Å². The lowest BCUT2D eigenvalue weighted by Crippen LogP contribution is -2.14. The van der Waals surface area contributed by atoms with Crippen molar-refractivity contribution in [3.05, 3.63) is 75.3 Å². The lowest BCUT2D eigenvalue weighted by molar-refractivity contribution is -0.384. The maximum absolute atomic E-state index is 12.1. The molecule has 0 fully saturated rings. The Balaban J connectivity index is 1.69. The number of H-pyrrole nitrogens is 1. The van der Waals surface area contributed by atoms with Crippen molar-refractivity contribution >= 4 is 29.0 Å². The van der Waals surface area contributed by atoms with Crippen LogP contribution in [0.3, 0.4) is 0 Å². The van der Waals surface area contributed by atoms with Gasteiger partial charge in [0.15, 0.2) is 5.82 Å². The van der Waals surface area contributed by atoms with Crippen molar-refractivity contribution in [1.82, 2.24) is 10.2 Å². The first kappa shape index (κ1) is 16.7. The number of hydrogen-bond donors (Lipinski definition) is 2. The van der Waals surface area contributed by atoms with Crippen LogP contribution in [0.2, 0.25) is 5.02 Å². The number of benzene rings is 2. The number of nitro benzene ring substituents is 1. The van der Waals surface area contributed by atoms with Crippen LogP contribution in [0.1, 0.15) is 5.56 Å². The molecule has 0 radical (unpaired) electrons. The second kappa shape index (κ2) is 7.14. The normalized spacial score (nSPS) is 10.4. The van der Waals surface area contributed by atoms with Gasteiger partial charge in [0, 0.05) is 28.8 Å². The van der Waals surface area contributed by atoms with Gasteiger partial charge in [0.2, 0.25) is 5.91 Å². The predicted octanol–water partition coefficient (Wildman–Crippen LogP) is 3.82. The van der Waals surface area contributed by atoms with Gasteiger partial charge in [-0.3, -0.25) is 20.0 Å². The van der Waals surface area contributed by atoms with E-state index in [0.717, 1.165) is 5.56 Å².